The van der Waals surface area contributed by atoms with E-state index < -0.39 is 10.0 Å². The number of hydrogen-bond acceptors (Lipinski definition) is 4. The van der Waals surface area contributed by atoms with Crippen LogP contribution in [0, 0.1) is 11.8 Å². The highest BCUT2D eigenvalue weighted by atomic mass is 32.2. The second-order valence-electron chi connectivity index (χ2n) is 9.44. The maximum atomic E-state index is 13.9. The molecule has 6 nitrogen and oxygen atoms in total. The number of fused-ring (bicyclic) bond motifs is 2. The summed E-state index contributed by atoms with van der Waals surface area (Å²) in [6, 6.07) is 22.9. The maximum absolute atomic E-state index is 13.9. The molecule has 3 aromatic rings. The number of para-hydroxylation sites is 1. The van der Waals surface area contributed by atoms with Gasteiger partial charge in [0.25, 0.3) is 15.9 Å². The van der Waals surface area contributed by atoms with Crippen molar-refractivity contribution in [1.29, 1.82) is 0 Å². The fourth-order valence-electron chi connectivity index (χ4n) is 5.47. The number of nitrogens with one attached hydrogen (secondary N) is 1. The monoisotopic (exact) mass is 490 g/mol. The summed E-state index contributed by atoms with van der Waals surface area (Å²) in [4.78, 5) is 13.6. The zero-order valence-electron chi connectivity index (χ0n) is 19.8. The second-order valence-corrected chi connectivity index (χ2v) is 11.3. The van der Waals surface area contributed by atoms with Crippen LogP contribution in [0.15, 0.2) is 83.8 Å². The molecule has 35 heavy (non-hydrogen) atoms. The van der Waals surface area contributed by atoms with E-state index in [1.54, 1.807) is 36.4 Å². The standard InChI is InChI=1S/C28H30N2O4S/c1-34-23-13-15-24(16-14-23)35(32,33)30(19-20-7-3-2-4-8-20)27-10-6-5-9-25(27)28(31)29-26-18-21-11-12-22(26)17-21/h2-10,13-16,21-22,26H,11-12,17-19H2,1H3,(H,29,31)/t21?,22?,26-/m0/s1. The zero-order valence-corrected chi connectivity index (χ0v) is 20.6. The Morgan fingerprint density at radius 3 is 2.31 bits per heavy atom. The fourth-order valence-corrected chi connectivity index (χ4v) is 6.95. The van der Waals surface area contributed by atoms with E-state index in [0.717, 1.165) is 18.4 Å². The number of carbonyl (C=O) groups excluding carboxylic acids is 1. The molecule has 0 spiro atoms. The van der Waals surface area contributed by atoms with E-state index in [1.807, 2.05) is 30.3 Å². The van der Waals surface area contributed by atoms with Crippen molar-refractivity contribution in [3.8, 4) is 5.75 Å². The van der Waals surface area contributed by atoms with Gasteiger partial charge in [0.15, 0.2) is 0 Å². The molecule has 182 valence electrons. The minimum Gasteiger partial charge on any atom is -0.497 e. The van der Waals surface area contributed by atoms with Gasteiger partial charge in [0, 0.05) is 6.04 Å². The minimum atomic E-state index is -3.97. The SMILES string of the molecule is COc1ccc(S(=O)(=O)N(Cc2ccccc2)c2ccccc2C(=O)N[C@H]2CC3CCC2C3)cc1. The van der Waals surface area contributed by atoms with Gasteiger partial charge in [0.05, 0.1) is 29.8 Å². The highest BCUT2D eigenvalue weighted by Crippen LogP contribution is 2.44. The lowest BCUT2D eigenvalue weighted by Crippen LogP contribution is -2.40. The van der Waals surface area contributed by atoms with Crippen LogP contribution in [0.3, 0.4) is 0 Å². The van der Waals surface area contributed by atoms with Gasteiger partial charge < -0.3 is 10.1 Å². The first kappa shape index (κ1) is 23.4. The smallest absolute Gasteiger partial charge is 0.264 e. The molecule has 2 unspecified atom stereocenters. The number of anilines is 1. The number of hydrogen-bond donors (Lipinski definition) is 1. The average Bonchev–Trinajstić information content (AvgIpc) is 3.51. The second kappa shape index (κ2) is 9.74. The highest BCUT2D eigenvalue weighted by molar-refractivity contribution is 7.92. The number of rotatable bonds is 8. The van der Waals surface area contributed by atoms with E-state index in [1.165, 1.54) is 36.4 Å². The van der Waals surface area contributed by atoms with E-state index in [0.29, 0.717) is 28.8 Å². The Kier molecular flexibility index (Phi) is 6.52. The van der Waals surface area contributed by atoms with Crippen LogP contribution in [0.1, 0.15) is 41.6 Å². The van der Waals surface area contributed by atoms with Crippen molar-refractivity contribution in [3.05, 3.63) is 90.0 Å². The van der Waals surface area contributed by atoms with Gasteiger partial charge in [0.1, 0.15) is 5.75 Å². The summed E-state index contributed by atoms with van der Waals surface area (Å²) < 4.78 is 34.4. The van der Waals surface area contributed by atoms with Gasteiger partial charge in [0.2, 0.25) is 0 Å². The van der Waals surface area contributed by atoms with Gasteiger partial charge in [-0.3, -0.25) is 9.10 Å². The number of nitrogens with zero attached hydrogens (tertiary/aromatic N) is 1. The van der Waals surface area contributed by atoms with Gasteiger partial charge in [-0.05, 0) is 73.1 Å². The van der Waals surface area contributed by atoms with Gasteiger partial charge in [-0.2, -0.15) is 0 Å². The molecule has 2 fully saturated rings. The zero-order chi connectivity index (χ0) is 24.4. The lowest BCUT2D eigenvalue weighted by molar-refractivity contribution is 0.0923. The number of sulfonamides is 1. The van der Waals surface area contributed by atoms with Crippen molar-refractivity contribution in [2.24, 2.45) is 11.8 Å². The molecule has 0 radical (unpaired) electrons. The molecule has 2 saturated carbocycles. The molecule has 2 aliphatic carbocycles. The molecule has 0 aromatic heterocycles. The fraction of sp³-hybridized carbons (Fsp3) is 0.321. The van der Waals surface area contributed by atoms with Crippen LogP contribution in [0.5, 0.6) is 5.75 Å². The highest BCUT2D eigenvalue weighted by Gasteiger charge is 2.40. The number of ether oxygens (including phenoxy) is 1. The van der Waals surface area contributed by atoms with Gasteiger partial charge >= 0.3 is 0 Å². The van der Waals surface area contributed by atoms with Crippen molar-refractivity contribution in [3.63, 3.8) is 0 Å². The Labute approximate surface area is 207 Å². The van der Waals surface area contributed by atoms with Crippen LogP contribution in [-0.4, -0.2) is 27.5 Å². The number of amides is 1. The number of benzene rings is 3. The van der Waals surface area contributed by atoms with E-state index in [4.69, 9.17) is 4.74 Å². The summed E-state index contributed by atoms with van der Waals surface area (Å²) >= 11 is 0. The molecule has 1 amide bonds. The van der Waals surface area contributed by atoms with Crippen LogP contribution in [0.2, 0.25) is 0 Å². The van der Waals surface area contributed by atoms with E-state index in [2.05, 4.69) is 5.32 Å². The van der Waals surface area contributed by atoms with Crippen LogP contribution < -0.4 is 14.4 Å². The molecule has 1 N–H and O–H groups in total. The third kappa shape index (κ3) is 4.78. The van der Waals surface area contributed by atoms with Gasteiger partial charge in [-0.1, -0.05) is 48.9 Å². The predicted octanol–water partition coefficient (Wildman–Crippen LogP) is 5.01. The van der Waals surface area contributed by atoms with Crippen molar-refractivity contribution >= 4 is 21.6 Å². The summed E-state index contributed by atoms with van der Waals surface area (Å²) in [6.07, 6.45) is 4.59. The third-order valence-corrected chi connectivity index (χ3v) is 9.06. The summed E-state index contributed by atoms with van der Waals surface area (Å²) in [5.74, 6) is 1.58. The van der Waals surface area contributed by atoms with E-state index >= 15 is 0 Å². The first-order valence-corrected chi connectivity index (χ1v) is 13.5. The summed E-state index contributed by atoms with van der Waals surface area (Å²) in [6.45, 7) is 0.105. The van der Waals surface area contributed by atoms with Crippen molar-refractivity contribution in [2.75, 3.05) is 11.4 Å². The van der Waals surface area contributed by atoms with Crippen LogP contribution in [0.4, 0.5) is 5.69 Å². The minimum absolute atomic E-state index is 0.105. The molecule has 0 saturated heterocycles. The maximum Gasteiger partial charge on any atom is 0.264 e. The molecule has 0 heterocycles. The average molecular weight is 491 g/mol. The Balaban J connectivity index is 1.52. The first-order valence-electron chi connectivity index (χ1n) is 12.1. The number of methoxy groups -OCH3 is 1. The largest absolute Gasteiger partial charge is 0.497 e. The quantitative estimate of drug-likeness (QED) is 0.482. The molecule has 3 atom stereocenters. The Morgan fingerprint density at radius 1 is 0.943 bits per heavy atom. The van der Waals surface area contributed by atoms with E-state index in [9.17, 15) is 13.2 Å². The van der Waals surface area contributed by atoms with Crippen molar-refractivity contribution < 1.29 is 17.9 Å². The van der Waals surface area contributed by atoms with E-state index in [-0.39, 0.29) is 23.4 Å². The normalized spacial score (nSPS) is 21.0. The van der Waals surface area contributed by atoms with Gasteiger partial charge in [-0.15, -0.1) is 0 Å². The summed E-state index contributed by atoms with van der Waals surface area (Å²) in [7, 11) is -2.43. The predicted molar refractivity (Wildman–Crippen MR) is 136 cm³/mol. The Bertz CT molecular complexity index is 1290. The van der Waals surface area contributed by atoms with Crippen LogP contribution >= 0.6 is 0 Å². The Hall–Kier alpha value is -3.32. The molecular formula is C28H30N2O4S. The molecule has 5 rings (SSSR count). The topological polar surface area (TPSA) is 75.7 Å². The van der Waals surface area contributed by atoms with Crippen molar-refractivity contribution in [2.45, 2.75) is 43.2 Å². The summed E-state index contributed by atoms with van der Waals surface area (Å²) in [5.41, 5.74) is 1.56. The molecular weight excluding hydrogens is 460 g/mol. The number of carbonyl (C=O) groups is 1. The van der Waals surface area contributed by atoms with Crippen LogP contribution in [0.25, 0.3) is 0 Å². The Morgan fingerprint density at radius 2 is 1.66 bits per heavy atom. The molecule has 2 aliphatic rings. The van der Waals surface area contributed by atoms with Crippen LogP contribution in [-0.2, 0) is 16.6 Å². The molecule has 0 aliphatic heterocycles. The van der Waals surface area contributed by atoms with Crippen molar-refractivity contribution in [1.82, 2.24) is 5.32 Å². The third-order valence-electron chi connectivity index (χ3n) is 7.29. The van der Waals surface area contributed by atoms with Gasteiger partial charge in [-0.25, -0.2) is 8.42 Å². The molecule has 3 aromatic carbocycles. The first-order chi connectivity index (χ1) is 17.0. The lowest BCUT2D eigenvalue weighted by atomic mass is 9.95. The summed E-state index contributed by atoms with van der Waals surface area (Å²) in [5, 5.41) is 3.22. The lowest BCUT2D eigenvalue weighted by Gasteiger charge is -2.28. The molecule has 7 heteroatoms. The molecule has 2 bridgehead atoms.